The van der Waals surface area contributed by atoms with Gasteiger partial charge in [0.2, 0.25) is 5.91 Å². The highest BCUT2D eigenvalue weighted by molar-refractivity contribution is 5.86. The maximum absolute atomic E-state index is 11.8. The highest BCUT2D eigenvalue weighted by Crippen LogP contribution is 2.18. The first-order valence-corrected chi connectivity index (χ1v) is 8.51. The van der Waals surface area contributed by atoms with Gasteiger partial charge in [0.05, 0.1) is 20.2 Å². The van der Waals surface area contributed by atoms with E-state index >= 15 is 0 Å². The molecule has 24 heavy (non-hydrogen) atoms. The third kappa shape index (κ3) is 6.89. The number of nitrogens with zero attached hydrogens (tertiary/aromatic N) is 1. The molecule has 2 rings (SSSR count). The number of aliphatic imine (C=N–C) groups is 1. The molecule has 1 fully saturated rings. The van der Waals surface area contributed by atoms with Crippen molar-refractivity contribution in [2.24, 2.45) is 10.9 Å². The van der Waals surface area contributed by atoms with Crippen LogP contribution in [0.15, 0.2) is 29.3 Å². The van der Waals surface area contributed by atoms with E-state index in [4.69, 9.17) is 4.74 Å². The average molecular weight is 332 g/mol. The lowest BCUT2D eigenvalue weighted by molar-refractivity contribution is -0.120. The van der Waals surface area contributed by atoms with Crippen LogP contribution >= 0.6 is 0 Å². The van der Waals surface area contributed by atoms with E-state index in [0.29, 0.717) is 31.0 Å². The Hall–Kier alpha value is -2.24. The van der Waals surface area contributed by atoms with Crippen molar-refractivity contribution >= 4 is 11.9 Å². The molecule has 1 aliphatic rings. The average Bonchev–Trinajstić information content (AvgIpc) is 3.40. The first-order chi connectivity index (χ1) is 11.6. The number of hydrogen-bond donors (Lipinski definition) is 3. The smallest absolute Gasteiger partial charge is 0.239 e. The number of nitrogens with one attached hydrogen (secondary N) is 3. The summed E-state index contributed by atoms with van der Waals surface area (Å²) in [5, 5.41) is 9.34. The van der Waals surface area contributed by atoms with Crippen molar-refractivity contribution in [3.05, 3.63) is 29.8 Å². The van der Waals surface area contributed by atoms with Crippen molar-refractivity contribution in [2.75, 3.05) is 20.2 Å². The summed E-state index contributed by atoms with van der Waals surface area (Å²) in [6, 6.07) is 8.31. The molecule has 6 nitrogen and oxygen atoms in total. The summed E-state index contributed by atoms with van der Waals surface area (Å²) in [6.07, 6.45) is 2.31. The molecule has 132 valence electrons. The lowest BCUT2D eigenvalue weighted by Crippen LogP contribution is -2.44. The molecular formula is C18H28N4O2. The molecule has 0 atom stereocenters. The number of carbonyl (C=O) groups is 1. The summed E-state index contributed by atoms with van der Waals surface area (Å²) in [6.45, 7) is 5.62. The Morgan fingerprint density at radius 2 is 1.96 bits per heavy atom. The zero-order valence-corrected chi connectivity index (χ0v) is 14.8. The van der Waals surface area contributed by atoms with Gasteiger partial charge < -0.3 is 20.7 Å². The van der Waals surface area contributed by atoms with Crippen LogP contribution in [0.25, 0.3) is 0 Å². The standard InChI is InChI=1S/C18H28N4O2/c1-13(2)10-19-17(23)12-21-18(22-15-6-7-15)20-11-14-4-8-16(24-3)9-5-14/h4-5,8-9,13,15H,6-7,10-12H2,1-3H3,(H,19,23)(H2,20,21,22). The number of hydrogen-bond acceptors (Lipinski definition) is 3. The Morgan fingerprint density at radius 1 is 1.25 bits per heavy atom. The fourth-order valence-corrected chi connectivity index (χ4v) is 2.02. The number of amides is 1. The van der Waals surface area contributed by atoms with Crippen molar-refractivity contribution in [1.82, 2.24) is 16.0 Å². The number of carbonyl (C=O) groups excluding carboxylic acids is 1. The molecule has 0 bridgehead atoms. The maximum Gasteiger partial charge on any atom is 0.239 e. The van der Waals surface area contributed by atoms with Gasteiger partial charge in [-0.2, -0.15) is 0 Å². The van der Waals surface area contributed by atoms with Crippen LogP contribution in [0.1, 0.15) is 32.3 Å². The number of rotatable bonds is 8. The van der Waals surface area contributed by atoms with E-state index < -0.39 is 0 Å². The van der Waals surface area contributed by atoms with E-state index in [1.165, 1.54) is 0 Å². The zero-order valence-electron chi connectivity index (χ0n) is 14.8. The van der Waals surface area contributed by atoms with Gasteiger partial charge in [-0.3, -0.25) is 4.79 Å². The minimum absolute atomic E-state index is 0.0153. The van der Waals surface area contributed by atoms with Crippen molar-refractivity contribution in [2.45, 2.75) is 39.3 Å². The first kappa shape index (κ1) is 18.1. The Labute approximate surface area is 144 Å². The summed E-state index contributed by atoms with van der Waals surface area (Å²) in [4.78, 5) is 16.4. The van der Waals surface area contributed by atoms with Gasteiger partial charge in [0, 0.05) is 12.6 Å². The molecule has 6 heteroatoms. The zero-order chi connectivity index (χ0) is 17.4. The van der Waals surface area contributed by atoms with Crippen molar-refractivity contribution in [3.8, 4) is 5.75 Å². The molecule has 0 aromatic heterocycles. The van der Waals surface area contributed by atoms with Gasteiger partial charge in [-0.25, -0.2) is 4.99 Å². The summed E-state index contributed by atoms with van der Waals surface area (Å²) in [5.74, 6) is 1.95. The number of methoxy groups -OCH3 is 1. The topological polar surface area (TPSA) is 74.8 Å². The van der Waals surface area contributed by atoms with Gasteiger partial charge in [0.15, 0.2) is 5.96 Å². The molecule has 1 aromatic rings. The Bertz CT molecular complexity index is 551. The van der Waals surface area contributed by atoms with Gasteiger partial charge in [-0.1, -0.05) is 26.0 Å². The lowest BCUT2D eigenvalue weighted by Gasteiger charge is -2.13. The van der Waals surface area contributed by atoms with Crippen LogP contribution in [0.4, 0.5) is 0 Å². The predicted octanol–water partition coefficient (Wildman–Crippen LogP) is 1.66. The molecule has 1 aliphatic carbocycles. The molecule has 0 aliphatic heterocycles. The summed E-state index contributed by atoms with van der Waals surface area (Å²) in [5.41, 5.74) is 1.09. The monoisotopic (exact) mass is 332 g/mol. The molecule has 1 amide bonds. The second-order valence-electron chi connectivity index (χ2n) is 6.48. The fourth-order valence-electron chi connectivity index (χ4n) is 2.02. The lowest BCUT2D eigenvalue weighted by atomic mass is 10.2. The van der Waals surface area contributed by atoms with E-state index in [9.17, 15) is 4.79 Å². The molecule has 0 unspecified atom stereocenters. The fraction of sp³-hybridized carbons (Fsp3) is 0.556. The molecule has 0 saturated heterocycles. The molecule has 0 spiro atoms. The summed E-state index contributed by atoms with van der Waals surface area (Å²) in [7, 11) is 1.65. The second-order valence-corrected chi connectivity index (χ2v) is 6.48. The highest BCUT2D eigenvalue weighted by Gasteiger charge is 2.22. The van der Waals surface area contributed by atoms with Crippen molar-refractivity contribution < 1.29 is 9.53 Å². The highest BCUT2D eigenvalue weighted by atomic mass is 16.5. The molecule has 1 saturated carbocycles. The van der Waals surface area contributed by atoms with Gasteiger partial charge in [0.25, 0.3) is 0 Å². The quantitative estimate of drug-likeness (QED) is 0.500. The van der Waals surface area contributed by atoms with Crippen LogP contribution in [-0.2, 0) is 11.3 Å². The molecule has 1 aromatic carbocycles. The Kier molecular flexibility index (Phi) is 6.90. The predicted molar refractivity (Wildman–Crippen MR) is 96.1 cm³/mol. The van der Waals surface area contributed by atoms with Crippen LogP contribution in [-0.4, -0.2) is 38.1 Å². The van der Waals surface area contributed by atoms with E-state index in [1.807, 2.05) is 24.3 Å². The van der Waals surface area contributed by atoms with E-state index in [0.717, 1.165) is 24.2 Å². The minimum Gasteiger partial charge on any atom is -0.497 e. The molecule has 0 radical (unpaired) electrons. The molecule has 0 heterocycles. The van der Waals surface area contributed by atoms with Crippen LogP contribution in [0.5, 0.6) is 5.75 Å². The Balaban J connectivity index is 1.85. The van der Waals surface area contributed by atoms with Gasteiger partial charge >= 0.3 is 0 Å². The van der Waals surface area contributed by atoms with Gasteiger partial charge in [-0.05, 0) is 36.5 Å². The molecule has 3 N–H and O–H groups in total. The van der Waals surface area contributed by atoms with Crippen molar-refractivity contribution in [1.29, 1.82) is 0 Å². The second kappa shape index (κ2) is 9.15. The van der Waals surface area contributed by atoms with Crippen LogP contribution in [0, 0.1) is 5.92 Å². The van der Waals surface area contributed by atoms with E-state index in [2.05, 4.69) is 34.8 Å². The van der Waals surface area contributed by atoms with Crippen LogP contribution < -0.4 is 20.7 Å². The minimum atomic E-state index is -0.0153. The van der Waals surface area contributed by atoms with Crippen LogP contribution in [0.3, 0.4) is 0 Å². The number of guanidine groups is 1. The first-order valence-electron chi connectivity index (χ1n) is 8.51. The van der Waals surface area contributed by atoms with E-state index in [-0.39, 0.29) is 12.5 Å². The van der Waals surface area contributed by atoms with Gasteiger partial charge in [0.1, 0.15) is 5.75 Å². The van der Waals surface area contributed by atoms with E-state index in [1.54, 1.807) is 7.11 Å². The normalized spacial score (nSPS) is 14.4. The summed E-state index contributed by atoms with van der Waals surface area (Å²) >= 11 is 0. The largest absolute Gasteiger partial charge is 0.497 e. The maximum atomic E-state index is 11.8. The SMILES string of the molecule is COc1ccc(CN=C(NCC(=O)NCC(C)C)NC2CC2)cc1. The van der Waals surface area contributed by atoms with Crippen LogP contribution in [0.2, 0.25) is 0 Å². The third-order valence-electron chi connectivity index (χ3n) is 3.62. The summed E-state index contributed by atoms with van der Waals surface area (Å²) < 4.78 is 5.16. The van der Waals surface area contributed by atoms with Gasteiger partial charge in [-0.15, -0.1) is 0 Å². The number of ether oxygens (including phenoxy) is 1. The molecular weight excluding hydrogens is 304 g/mol. The van der Waals surface area contributed by atoms with Crippen molar-refractivity contribution in [3.63, 3.8) is 0 Å². The number of benzene rings is 1. The Morgan fingerprint density at radius 3 is 2.54 bits per heavy atom. The third-order valence-corrected chi connectivity index (χ3v) is 3.62.